The van der Waals surface area contributed by atoms with Gasteiger partial charge in [-0.3, -0.25) is 4.79 Å². The molecule has 1 N–H and O–H groups in total. The molecule has 1 aromatic rings. The summed E-state index contributed by atoms with van der Waals surface area (Å²) in [6.07, 6.45) is 4.46. The highest BCUT2D eigenvalue weighted by Gasteiger charge is 2.32. The van der Waals surface area contributed by atoms with Gasteiger partial charge < -0.3 is 19.5 Å². The number of allylic oxidation sites excluding steroid dienone is 2. The number of halogens is 1. The maximum absolute atomic E-state index is 12.3. The van der Waals surface area contributed by atoms with Crippen molar-refractivity contribution in [3.8, 4) is 11.5 Å². The van der Waals surface area contributed by atoms with Crippen LogP contribution in [0.2, 0.25) is 0 Å². The van der Waals surface area contributed by atoms with Crippen molar-refractivity contribution in [2.45, 2.75) is 32.8 Å². The zero-order chi connectivity index (χ0) is 18.4. The molecule has 136 valence electrons. The van der Waals surface area contributed by atoms with Crippen molar-refractivity contribution in [1.29, 1.82) is 0 Å². The Kier molecular flexibility index (Phi) is 6.64. The molecule has 1 heterocycles. The number of amides is 1. The van der Waals surface area contributed by atoms with E-state index >= 15 is 0 Å². The molecule has 25 heavy (non-hydrogen) atoms. The Morgan fingerprint density at radius 1 is 1.48 bits per heavy atom. The lowest BCUT2D eigenvalue weighted by Gasteiger charge is -2.18. The number of hydrogen-bond acceptors (Lipinski definition) is 4. The number of carbonyl (C=O) groups excluding carboxylic acids is 1. The number of para-hydroxylation sites is 1. The number of fused-ring (bicyclic) bond motifs is 1. The first kappa shape index (κ1) is 19.5. The van der Waals surface area contributed by atoms with Crippen LogP contribution in [0.25, 0.3) is 0 Å². The molecule has 0 saturated heterocycles. The minimum absolute atomic E-state index is 0.103. The van der Waals surface area contributed by atoms with Gasteiger partial charge in [0.25, 0.3) is 5.91 Å². The van der Waals surface area contributed by atoms with E-state index in [1.54, 1.807) is 13.2 Å². The van der Waals surface area contributed by atoms with Gasteiger partial charge in [0.05, 0.1) is 12.8 Å². The maximum Gasteiger partial charge on any atom is 0.262 e. The van der Waals surface area contributed by atoms with Crippen molar-refractivity contribution in [1.82, 2.24) is 5.32 Å². The Morgan fingerprint density at radius 2 is 2.24 bits per heavy atom. The fraction of sp³-hybridized carbons (Fsp3) is 0.368. The molecule has 0 radical (unpaired) electrons. The molecule has 0 unspecified atom stereocenters. The SMILES string of the molecule is C=I/C(OC)=C(\C=C/C)NC(=O)COc1cccc2c1OC(C)(C)C2. The minimum Gasteiger partial charge on any atom is -0.489 e. The molecule has 0 spiro atoms. The summed E-state index contributed by atoms with van der Waals surface area (Å²) < 4.78 is 21.6. The lowest BCUT2D eigenvalue weighted by Crippen LogP contribution is -2.28. The van der Waals surface area contributed by atoms with Crippen LogP contribution in [0.15, 0.2) is 39.8 Å². The van der Waals surface area contributed by atoms with Gasteiger partial charge in [-0.05, 0) is 32.9 Å². The Labute approximate surface area is 158 Å². The normalized spacial score (nSPS) is 16.0. The summed E-state index contributed by atoms with van der Waals surface area (Å²) in [5, 5.41) is 2.82. The van der Waals surface area contributed by atoms with Crippen molar-refractivity contribution < 1.29 is 19.0 Å². The van der Waals surface area contributed by atoms with Crippen LogP contribution in [-0.2, 0) is 16.0 Å². The second-order valence-corrected chi connectivity index (χ2v) is 7.89. The molecular weight excluding hydrogens is 433 g/mol. The summed E-state index contributed by atoms with van der Waals surface area (Å²) in [6.45, 7) is 5.84. The van der Waals surface area contributed by atoms with Crippen molar-refractivity contribution in [2.75, 3.05) is 13.7 Å². The van der Waals surface area contributed by atoms with E-state index in [-0.39, 0.29) is 18.1 Å². The molecule has 0 aliphatic carbocycles. The number of methoxy groups -OCH3 is 1. The first-order valence-electron chi connectivity index (χ1n) is 7.93. The monoisotopic (exact) mass is 457 g/mol. The lowest BCUT2D eigenvalue weighted by molar-refractivity contribution is -0.122. The third kappa shape index (κ3) is 5.07. The molecule has 1 amide bonds. The Morgan fingerprint density at radius 3 is 2.88 bits per heavy atom. The third-order valence-corrected chi connectivity index (χ3v) is 5.25. The number of nitrogens with one attached hydrogen (secondary N) is 1. The average molecular weight is 457 g/mol. The van der Waals surface area contributed by atoms with E-state index < -0.39 is 20.7 Å². The van der Waals surface area contributed by atoms with Gasteiger partial charge in [0.2, 0.25) is 0 Å². The van der Waals surface area contributed by atoms with Gasteiger partial charge in [-0.25, -0.2) is 0 Å². The molecule has 5 nitrogen and oxygen atoms in total. The van der Waals surface area contributed by atoms with Gasteiger partial charge in [-0.2, -0.15) is 0 Å². The highest BCUT2D eigenvalue weighted by Crippen LogP contribution is 2.41. The van der Waals surface area contributed by atoms with E-state index in [4.69, 9.17) is 14.2 Å². The summed E-state index contributed by atoms with van der Waals surface area (Å²) in [4.78, 5) is 12.3. The molecule has 0 bridgehead atoms. The van der Waals surface area contributed by atoms with E-state index in [1.807, 2.05) is 45.0 Å². The van der Waals surface area contributed by atoms with Crippen LogP contribution in [0.5, 0.6) is 11.5 Å². The molecule has 2 rings (SSSR count). The smallest absolute Gasteiger partial charge is 0.262 e. The van der Waals surface area contributed by atoms with E-state index in [9.17, 15) is 4.79 Å². The molecule has 0 fully saturated rings. The van der Waals surface area contributed by atoms with Crippen LogP contribution >= 0.6 is 20.7 Å². The van der Waals surface area contributed by atoms with Crippen LogP contribution < -0.4 is 14.8 Å². The molecular formula is C19H24INO4. The van der Waals surface area contributed by atoms with Gasteiger partial charge in [0.1, 0.15) is 5.60 Å². The number of benzene rings is 1. The molecule has 1 aromatic carbocycles. The standard InChI is InChI=1S/C19H24INO4/c1-6-8-14(18(20-4)23-5)21-16(22)12-24-15-10-7-9-13-11-19(2,3)25-17(13)15/h6-10H,4,11-12H2,1-3,5H3,(H,21,22)/b8-6-,18-14-. The highest BCUT2D eigenvalue weighted by molar-refractivity contribution is 14.2. The number of rotatable bonds is 7. The third-order valence-electron chi connectivity index (χ3n) is 3.53. The topological polar surface area (TPSA) is 56.8 Å². The fourth-order valence-electron chi connectivity index (χ4n) is 2.59. The van der Waals surface area contributed by atoms with Crippen molar-refractivity contribution in [3.05, 3.63) is 45.4 Å². The number of ether oxygens (including phenoxy) is 3. The zero-order valence-corrected chi connectivity index (χ0v) is 17.2. The summed E-state index contributed by atoms with van der Waals surface area (Å²) in [7, 11) is 1.58. The fourth-order valence-corrected chi connectivity index (χ4v) is 3.63. The summed E-state index contributed by atoms with van der Waals surface area (Å²) >= 11 is -0.532. The van der Waals surface area contributed by atoms with Crippen LogP contribution in [0.3, 0.4) is 0 Å². The van der Waals surface area contributed by atoms with Crippen molar-refractivity contribution >= 4 is 31.2 Å². The first-order chi connectivity index (χ1) is 11.9. The van der Waals surface area contributed by atoms with E-state index in [0.29, 0.717) is 11.4 Å². The lowest BCUT2D eigenvalue weighted by atomic mass is 10.0. The second kappa shape index (κ2) is 8.51. The zero-order valence-electron chi connectivity index (χ0n) is 15.0. The Balaban J connectivity index is 2.05. The van der Waals surface area contributed by atoms with Gasteiger partial charge in [0, 0.05) is 12.0 Å². The Hall–Kier alpha value is -1.83. The van der Waals surface area contributed by atoms with E-state index in [2.05, 4.69) is 9.83 Å². The number of hydrogen-bond donors (Lipinski definition) is 1. The van der Waals surface area contributed by atoms with E-state index in [1.165, 1.54) is 0 Å². The number of carbonyl (C=O) groups is 1. The summed E-state index contributed by atoms with van der Waals surface area (Å²) in [5.74, 6) is 1.06. The molecule has 0 aromatic heterocycles. The molecule has 1 aliphatic heterocycles. The van der Waals surface area contributed by atoms with Crippen LogP contribution in [0, 0.1) is 0 Å². The predicted molar refractivity (Wildman–Crippen MR) is 108 cm³/mol. The van der Waals surface area contributed by atoms with Crippen molar-refractivity contribution in [3.63, 3.8) is 0 Å². The molecule has 0 atom stereocenters. The van der Waals surface area contributed by atoms with Gasteiger partial charge >= 0.3 is 0 Å². The molecule has 6 heteroatoms. The maximum atomic E-state index is 12.3. The predicted octanol–water partition coefficient (Wildman–Crippen LogP) is 3.69. The quantitative estimate of drug-likeness (QED) is 0.386. The van der Waals surface area contributed by atoms with Crippen molar-refractivity contribution in [2.24, 2.45) is 0 Å². The summed E-state index contributed by atoms with van der Waals surface area (Å²) in [5.41, 5.74) is 1.48. The average Bonchev–Trinajstić information content (AvgIpc) is 2.88. The van der Waals surface area contributed by atoms with Crippen LogP contribution in [0.4, 0.5) is 0 Å². The summed E-state index contributed by atoms with van der Waals surface area (Å²) in [6, 6.07) is 5.75. The van der Waals surface area contributed by atoms with Gasteiger partial charge in [-0.1, -0.05) is 43.5 Å². The van der Waals surface area contributed by atoms with Crippen LogP contribution in [0.1, 0.15) is 26.3 Å². The van der Waals surface area contributed by atoms with Crippen LogP contribution in [-0.4, -0.2) is 29.7 Å². The van der Waals surface area contributed by atoms with Gasteiger partial charge in [-0.15, -0.1) is 0 Å². The first-order valence-corrected chi connectivity index (χ1v) is 10.5. The minimum atomic E-state index is -0.532. The molecule has 1 aliphatic rings. The Bertz CT molecular complexity index is 722. The molecule has 0 saturated carbocycles. The van der Waals surface area contributed by atoms with E-state index in [0.717, 1.165) is 21.5 Å². The van der Waals surface area contributed by atoms with Gasteiger partial charge in [0.15, 0.2) is 21.9 Å². The largest absolute Gasteiger partial charge is 0.489 e. The second-order valence-electron chi connectivity index (χ2n) is 6.14. The highest BCUT2D eigenvalue weighted by atomic mass is 127.